The van der Waals surface area contributed by atoms with Crippen molar-refractivity contribution in [2.75, 3.05) is 19.6 Å². The Balaban J connectivity index is 1.21. The number of hydrogen-bond acceptors (Lipinski definition) is 3. The molecule has 5 nitrogen and oxygen atoms in total. The monoisotopic (exact) mass is 465 g/mol. The van der Waals surface area contributed by atoms with Crippen LogP contribution in [0.15, 0.2) is 24.3 Å². The maximum absolute atomic E-state index is 13.1. The van der Waals surface area contributed by atoms with Gasteiger partial charge in [-0.15, -0.1) is 0 Å². The molecular formula is C29H43N3O2. The molecule has 4 bridgehead atoms. The van der Waals surface area contributed by atoms with E-state index in [4.69, 9.17) is 0 Å². The summed E-state index contributed by atoms with van der Waals surface area (Å²) in [5, 5.41) is 6.14. The Labute approximate surface area is 205 Å². The molecule has 1 aromatic rings. The summed E-state index contributed by atoms with van der Waals surface area (Å²) in [5.41, 5.74) is 2.43. The van der Waals surface area contributed by atoms with Gasteiger partial charge in [0.15, 0.2) is 0 Å². The number of rotatable bonds is 8. The van der Waals surface area contributed by atoms with Gasteiger partial charge in [0, 0.05) is 18.2 Å². The fraction of sp³-hybridized carbons (Fsp3) is 0.724. The molecule has 6 rings (SSSR count). The first-order chi connectivity index (χ1) is 16.4. The Hall–Kier alpha value is -1.88. The van der Waals surface area contributed by atoms with Gasteiger partial charge in [-0.3, -0.25) is 14.5 Å². The van der Waals surface area contributed by atoms with E-state index >= 15 is 0 Å². The molecule has 2 atom stereocenters. The van der Waals surface area contributed by atoms with Crippen LogP contribution in [-0.4, -0.2) is 48.4 Å². The van der Waals surface area contributed by atoms with Crippen LogP contribution in [0.25, 0.3) is 0 Å². The highest BCUT2D eigenvalue weighted by molar-refractivity contribution is 5.97. The molecule has 5 heteroatoms. The van der Waals surface area contributed by atoms with E-state index in [0.29, 0.717) is 23.6 Å². The topological polar surface area (TPSA) is 61.4 Å². The van der Waals surface area contributed by atoms with Crippen LogP contribution in [0.1, 0.15) is 88.1 Å². The van der Waals surface area contributed by atoms with Crippen LogP contribution in [-0.2, 0) is 10.2 Å². The summed E-state index contributed by atoms with van der Waals surface area (Å²) in [7, 11) is 0. The van der Waals surface area contributed by atoms with Crippen molar-refractivity contribution in [2.45, 2.75) is 89.6 Å². The van der Waals surface area contributed by atoms with Gasteiger partial charge in [0.05, 0.1) is 0 Å². The second kappa shape index (κ2) is 9.64. The number of nitrogens with one attached hydrogen (secondary N) is 2. The molecule has 2 N–H and O–H groups in total. The van der Waals surface area contributed by atoms with Crippen molar-refractivity contribution < 1.29 is 9.59 Å². The molecule has 4 aliphatic carbocycles. The summed E-state index contributed by atoms with van der Waals surface area (Å²) in [6.07, 6.45) is 10.6. The molecule has 0 unspecified atom stereocenters. The lowest BCUT2D eigenvalue weighted by Gasteiger charge is -2.57. The fourth-order valence-corrected chi connectivity index (χ4v) is 8.07. The number of carbonyl (C=O) groups excluding carboxylic acids is 2. The quantitative estimate of drug-likeness (QED) is 0.594. The highest BCUT2D eigenvalue weighted by Gasteiger charge is 2.51. The van der Waals surface area contributed by atoms with Crippen LogP contribution < -0.4 is 10.6 Å². The molecule has 5 fully saturated rings. The van der Waals surface area contributed by atoms with Gasteiger partial charge in [0.1, 0.15) is 6.04 Å². The van der Waals surface area contributed by atoms with Crippen molar-refractivity contribution in [3.8, 4) is 0 Å². The van der Waals surface area contributed by atoms with Crippen LogP contribution >= 0.6 is 0 Å². The summed E-state index contributed by atoms with van der Waals surface area (Å²) in [6.45, 7) is 8.95. The van der Waals surface area contributed by atoms with E-state index in [1.807, 2.05) is 26.0 Å². The lowest BCUT2D eigenvalue weighted by molar-refractivity contribution is -0.124. The van der Waals surface area contributed by atoms with E-state index < -0.39 is 6.04 Å². The van der Waals surface area contributed by atoms with Gasteiger partial charge in [0.25, 0.3) is 5.91 Å². The van der Waals surface area contributed by atoms with Gasteiger partial charge in [-0.05, 0) is 111 Å². The summed E-state index contributed by atoms with van der Waals surface area (Å²) < 4.78 is 0. The van der Waals surface area contributed by atoms with Crippen LogP contribution in [0.3, 0.4) is 0 Å². The Morgan fingerprint density at radius 1 is 1.03 bits per heavy atom. The normalized spacial score (nSPS) is 33.3. The number of likely N-dealkylation sites (tertiary alicyclic amines) is 1. The average molecular weight is 466 g/mol. The number of carbonyl (C=O) groups is 2. The number of likely N-dealkylation sites (N-methyl/N-ethyl adjacent to an activating group) is 1. The predicted octanol–water partition coefficient (Wildman–Crippen LogP) is 4.51. The summed E-state index contributed by atoms with van der Waals surface area (Å²) in [5.74, 6) is 2.54. The number of benzene rings is 1. The Morgan fingerprint density at radius 2 is 1.65 bits per heavy atom. The lowest BCUT2D eigenvalue weighted by Crippen LogP contribution is -2.52. The molecule has 1 heterocycles. The number of amides is 2. The molecule has 34 heavy (non-hydrogen) atoms. The molecule has 0 aromatic heterocycles. The van der Waals surface area contributed by atoms with E-state index in [0.717, 1.165) is 37.3 Å². The van der Waals surface area contributed by atoms with Gasteiger partial charge < -0.3 is 10.6 Å². The molecule has 4 saturated carbocycles. The minimum atomic E-state index is -0.521. The van der Waals surface area contributed by atoms with E-state index in [1.54, 1.807) is 0 Å². The fourth-order valence-electron chi connectivity index (χ4n) is 8.07. The molecule has 0 spiro atoms. The molecule has 1 aliphatic heterocycles. The van der Waals surface area contributed by atoms with Crippen molar-refractivity contribution in [1.29, 1.82) is 0 Å². The second-order valence-corrected chi connectivity index (χ2v) is 12.1. The van der Waals surface area contributed by atoms with Gasteiger partial charge in [-0.2, -0.15) is 0 Å². The van der Waals surface area contributed by atoms with Gasteiger partial charge in [-0.1, -0.05) is 32.9 Å². The van der Waals surface area contributed by atoms with Crippen molar-refractivity contribution in [2.24, 2.45) is 23.7 Å². The largest absolute Gasteiger partial charge is 0.353 e. The molecule has 1 aromatic carbocycles. The van der Waals surface area contributed by atoms with Crippen LogP contribution in [0.5, 0.6) is 0 Å². The van der Waals surface area contributed by atoms with Crippen LogP contribution in [0.2, 0.25) is 0 Å². The summed E-state index contributed by atoms with van der Waals surface area (Å²) >= 11 is 0. The maximum atomic E-state index is 13.1. The maximum Gasteiger partial charge on any atom is 0.251 e. The smallest absolute Gasteiger partial charge is 0.251 e. The summed E-state index contributed by atoms with van der Waals surface area (Å²) in [6, 6.07) is 8.26. The van der Waals surface area contributed by atoms with E-state index in [1.165, 1.54) is 50.5 Å². The average Bonchev–Trinajstić information content (AvgIpc) is 3.27. The van der Waals surface area contributed by atoms with Crippen molar-refractivity contribution in [1.82, 2.24) is 15.5 Å². The minimum Gasteiger partial charge on any atom is -0.353 e. The van der Waals surface area contributed by atoms with Gasteiger partial charge in [-0.25, -0.2) is 0 Å². The Bertz CT molecular complexity index is 858. The highest BCUT2D eigenvalue weighted by Crippen LogP contribution is 2.60. The van der Waals surface area contributed by atoms with E-state index in [-0.39, 0.29) is 17.7 Å². The highest BCUT2D eigenvalue weighted by atomic mass is 16.2. The van der Waals surface area contributed by atoms with Gasteiger partial charge in [0.2, 0.25) is 5.91 Å². The predicted molar refractivity (Wildman–Crippen MR) is 136 cm³/mol. The third-order valence-electron chi connectivity index (χ3n) is 9.45. The van der Waals surface area contributed by atoms with E-state index in [9.17, 15) is 9.59 Å². The Morgan fingerprint density at radius 3 is 2.21 bits per heavy atom. The van der Waals surface area contributed by atoms with Crippen molar-refractivity contribution >= 4 is 11.8 Å². The first-order valence-electron chi connectivity index (χ1n) is 13.8. The first kappa shape index (κ1) is 23.8. The molecule has 186 valence electrons. The zero-order valence-electron chi connectivity index (χ0n) is 21.3. The SMILES string of the molecule is CCN1CCC[C@H]1CNC(=O)[C@H](NC(=O)c1ccc(C23CC4CC(CC(C4)C2)C3)cc1)C(C)C. The lowest BCUT2D eigenvalue weighted by atomic mass is 9.48. The third kappa shape index (κ3) is 4.65. The minimum absolute atomic E-state index is 0.0288. The standard InChI is InChI=1S/C29H43N3O2/c1-4-32-11-5-6-25(32)18-30-28(34)26(19(2)3)31-27(33)23-7-9-24(10-8-23)29-15-20-12-21(16-29)14-22(13-20)17-29/h7-10,19-22,25-26H,4-6,11-18H2,1-3H3,(H,30,34)(H,31,33)/t20?,21?,22?,25-,26+,29?/m0/s1. The number of hydrogen-bond donors (Lipinski definition) is 2. The third-order valence-corrected chi connectivity index (χ3v) is 9.45. The molecule has 0 radical (unpaired) electrons. The molecular weight excluding hydrogens is 422 g/mol. The zero-order valence-corrected chi connectivity index (χ0v) is 21.3. The van der Waals surface area contributed by atoms with Gasteiger partial charge >= 0.3 is 0 Å². The molecule has 5 aliphatic rings. The number of nitrogens with zero attached hydrogens (tertiary/aromatic N) is 1. The van der Waals surface area contributed by atoms with Crippen molar-refractivity contribution in [3.63, 3.8) is 0 Å². The first-order valence-corrected chi connectivity index (χ1v) is 13.8. The summed E-state index contributed by atoms with van der Waals surface area (Å²) in [4.78, 5) is 28.5. The molecule has 2 amide bonds. The second-order valence-electron chi connectivity index (χ2n) is 12.1. The zero-order chi connectivity index (χ0) is 23.9. The van der Waals surface area contributed by atoms with Crippen LogP contribution in [0, 0.1) is 23.7 Å². The Kier molecular flexibility index (Phi) is 6.76. The van der Waals surface area contributed by atoms with Crippen LogP contribution in [0.4, 0.5) is 0 Å². The van der Waals surface area contributed by atoms with Crippen molar-refractivity contribution in [3.05, 3.63) is 35.4 Å². The molecule has 1 saturated heterocycles. The van der Waals surface area contributed by atoms with E-state index in [2.05, 4.69) is 34.6 Å².